The third kappa shape index (κ3) is 3.55. The summed E-state index contributed by atoms with van der Waals surface area (Å²) in [5.41, 5.74) is 0. The highest BCUT2D eigenvalue weighted by Crippen LogP contribution is 2.21. The topological polar surface area (TPSA) is 63.1 Å². The van der Waals surface area contributed by atoms with E-state index in [9.17, 15) is 4.79 Å². The Labute approximate surface area is 131 Å². The molecule has 0 radical (unpaired) electrons. The van der Waals surface area contributed by atoms with E-state index in [0.717, 1.165) is 50.8 Å². The van der Waals surface area contributed by atoms with Crippen molar-refractivity contribution >= 4 is 18.3 Å². The van der Waals surface area contributed by atoms with Gasteiger partial charge in [0, 0.05) is 32.7 Å². The lowest BCUT2D eigenvalue weighted by molar-refractivity contribution is -0.139. The van der Waals surface area contributed by atoms with Gasteiger partial charge in [-0.3, -0.25) is 4.79 Å². The summed E-state index contributed by atoms with van der Waals surface area (Å²) in [5, 5.41) is 7.60. The average molecular weight is 314 g/mol. The van der Waals surface area contributed by atoms with E-state index in [1.54, 1.807) is 0 Å². The van der Waals surface area contributed by atoms with Crippen molar-refractivity contribution in [1.29, 1.82) is 0 Å². The van der Waals surface area contributed by atoms with Crippen molar-refractivity contribution in [3.63, 3.8) is 0 Å². The molecule has 1 aromatic rings. The molecule has 1 atom stereocenters. The van der Waals surface area contributed by atoms with Gasteiger partial charge in [0.05, 0.1) is 5.92 Å². The highest BCUT2D eigenvalue weighted by molar-refractivity contribution is 5.85. The lowest BCUT2D eigenvalue weighted by Gasteiger charge is -2.37. The van der Waals surface area contributed by atoms with E-state index < -0.39 is 0 Å². The Kier molecular flexibility index (Phi) is 5.22. The van der Waals surface area contributed by atoms with Gasteiger partial charge in [0.2, 0.25) is 5.91 Å². The molecule has 0 aromatic carbocycles. The fourth-order valence-electron chi connectivity index (χ4n) is 3.11. The molecule has 1 N–H and O–H groups in total. The second-order valence-corrected chi connectivity index (χ2v) is 6.04. The second kappa shape index (κ2) is 6.75. The number of aromatic nitrogens is 3. The third-order valence-corrected chi connectivity index (χ3v) is 4.36. The minimum absolute atomic E-state index is 0. The van der Waals surface area contributed by atoms with E-state index in [1.165, 1.54) is 6.42 Å². The standard InChI is InChI=1S/C14H23N5O.ClH/c1-10-16-11(2)19(17-10)9-12-4-3-5-18(8-12)14(20)13-6-15-7-13;/h12-13,15H,3-9H2,1-2H3;1H. The van der Waals surface area contributed by atoms with Crippen LogP contribution in [0.5, 0.6) is 0 Å². The summed E-state index contributed by atoms with van der Waals surface area (Å²) in [6.07, 6.45) is 2.27. The van der Waals surface area contributed by atoms with Crippen molar-refractivity contribution in [3.8, 4) is 0 Å². The Balaban J connectivity index is 0.00000161. The molecule has 0 saturated carbocycles. The molecular weight excluding hydrogens is 290 g/mol. The number of carbonyl (C=O) groups excluding carboxylic acids is 1. The number of carbonyl (C=O) groups is 1. The summed E-state index contributed by atoms with van der Waals surface area (Å²) >= 11 is 0. The van der Waals surface area contributed by atoms with Gasteiger partial charge in [-0.2, -0.15) is 5.10 Å². The Morgan fingerprint density at radius 3 is 2.71 bits per heavy atom. The summed E-state index contributed by atoms with van der Waals surface area (Å²) in [5.74, 6) is 2.84. The van der Waals surface area contributed by atoms with Crippen LogP contribution in [-0.2, 0) is 11.3 Å². The molecule has 2 aliphatic rings. The van der Waals surface area contributed by atoms with Gasteiger partial charge in [-0.25, -0.2) is 9.67 Å². The Bertz CT molecular complexity index is 500. The molecule has 2 saturated heterocycles. The van der Waals surface area contributed by atoms with E-state index in [-0.39, 0.29) is 18.3 Å². The van der Waals surface area contributed by atoms with Crippen molar-refractivity contribution in [2.75, 3.05) is 26.2 Å². The van der Waals surface area contributed by atoms with E-state index in [1.807, 2.05) is 18.5 Å². The highest BCUT2D eigenvalue weighted by Gasteiger charge is 2.32. The zero-order chi connectivity index (χ0) is 14.1. The van der Waals surface area contributed by atoms with Crippen LogP contribution in [0.4, 0.5) is 0 Å². The molecule has 1 aromatic heterocycles. The van der Waals surface area contributed by atoms with Crippen molar-refractivity contribution in [3.05, 3.63) is 11.6 Å². The number of hydrogen-bond acceptors (Lipinski definition) is 4. The summed E-state index contributed by atoms with van der Waals surface area (Å²) < 4.78 is 1.98. The van der Waals surface area contributed by atoms with Gasteiger partial charge < -0.3 is 10.2 Å². The van der Waals surface area contributed by atoms with Crippen LogP contribution in [0.15, 0.2) is 0 Å². The molecular formula is C14H24ClN5O. The predicted octanol–water partition coefficient (Wildman–Crippen LogP) is 0.775. The van der Waals surface area contributed by atoms with Crippen LogP contribution in [0.3, 0.4) is 0 Å². The molecule has 2 fully saturated rings. The maximum Gasteiger partial charge on any atom is 0.228 e. The second-order valence-electron chi connectivity index (χ2n) is 6.04. The fraction of sp³-hybridized carbons (Fsp3) is 0.786. The van der Waals surface area contributed by atoms with Crippen LogP contribution >= 0.6 is 12.4 Å². The number of likely N-dealkylation sites (tertiary alicyclic amines) is 1. The molecule has 7 heteroatoms. The quantitative estimate of drug-likeness (QED) is 0.895. The van der Waals surface area contributed by atoms with Gasteiger partial charge in [-0.05, 0) is 32.6 Å². The van der Waals surface area contributed by atoms with Crippen LogP contribution in [-0.4, -0.2) is 51.8 Å². The molecule has 0 spiro atoms. The number of rotatable bonds is 3. The largest absolute Gasteiger partial charge is 0.342 e. The van der Waals surface area contributed by atoms with Crippen LogP contribution in [0.1, 0.15) is 24.5 Å². The molecule has 1 unspecified atom stereocenters. The van der Waals surface area contributed by atoms with E-state index in [0.29, 0.717) is 11.8 Å². The number of nitrogens with one attached hydrogen (secondary N) is 1. The van der Waals surface area contributed by atoms with Crippen LogP contribution < -0.4 is 5.32 Å². The molecule has 21 heavy (non-hydrogen) atoms. The predicted molar refractivity (Wildman–Crippen MR) is 82.4 cm³/mol. The van der Waals surface area contributed by atoms with Gasteiger partial charge in [-0.1, -0.05) is 0 Å². The lowest BCUT2D eigenvalue weighted by Crippen LogP contribution is -2.54. The van der Waals surface area contributed by atoms with Crippen LogP contribution in [0.25, 0.3) is 0 Å². The fourth-order valence-corrected chi connectivity index (χ4v) is 3.11. The Morgan fingerprint density at radius 2 is 2.14 bits per heavy atom. The van der Waals surface area contributed by atoms with Gasteiger partial charge >= 0.3 is 0 Å². The van der Waals surface area contributed by atoms with Crippen LogP contribution in [0, 0.1) is 25.7 Å². The first-order valence-electron chi connectivity index (χ1n) is 7.51. The normalized spacial score (nSPS) is 22.6. The Hall–Kier alpha value is -1.14. The molecule has 6 nitrogen and oxygen atoms in total. The van der Waals surface area contributed by atoms with Crippen molar-refractivity contribution in [2.45, 2.75) is 33.2 Å². The first kappa shape index (κ1) is 16.2. The monoisotopic (exact) mass is 313 g/mol. The highest BCUT2D eigenvalue weighted by atomic mass is 35.5. The number of amides is 1. The minimum atomic E-state index is 0. The van der Waals surface area contributed by atoms with Gasteiger partial charge in [-0.15, -0.1) is 12.4 Å². The minimum Gasteiger partial charge on any atom is -0.342 e. The summed E-state index contributed by atoms with van der Waals surface area (Å²) in [6.45, 7) is 8.27. The smallest absolute Gasteiger partial charge is 0.228 e. The molecule has 2 aliphatic heterocycles. The molecule has 118 valence electrons. The molecule has 0 aliphatic carbocycles. The summed E-state index contributed by atoms with van der Waals surface area (Å²) in [6, 6.07) is 0. The molecule has 0 bridgehead atoms. The molecule has 3 rings (SSSR count). The van der Waals surface area contributed by atoms with Gasteiger partial charge in [0.1, 0.15) is 11.6 Å². The zero-order valence-electron chi connectivity index (χ0n) is 12.7. The number of aryl methyl sites for hydroxylation is 2. The van der Waals surface area contributed by atoms with E-state index in [4.69, 9.17) is 0 Å². The summed E-state index contributed by atoms with van der Waals surface area (Å²) in [7, 11) is 0. The van der Waals surface area contributed by atoms with E-state index >= 15 is 0 Å². The maximum absolute atomic E-state index is 12.3. The molecule has 3 heterocycles. The van der Waals surface area contributed by atoms with Gasteiger partial charge in [0.25, 0.3) is 0 Å². The Morgan fingerprint density at radius 1 is 1.38 bits per heavy atom. The molecule has 1 amide bonds. The first-order chi connectivity index (χ1) is 9.63. The first-order valence-corrected chi connectivity index (χ1v) is 7.51. The lowest BCUT2D eigenvalue weighted by atomic mass is 9.95. The van der Waals surface area contributed by atoms with Crippen molar-refractivity contribution in [1.82, 2.24) is 25.0 Å². The third-order valence-electron chi connectivity index (χ3n) is 4.36. The zero-order valence-corrected chi connectivity index (χ0v) is 13.5. The van der Waals surface area contributed by atoms with Gasteiger partial charge in [0.15, 0.2) is 0 Å². The number of halogens is 1. The van der Waals surface area contributed by atoms with Crippen molar-refractivity contribution < 1.29 is 4.79 Å². The number of hydrogen-bond donors (Lipinski definition) is 1. The van der Waals surface area contributed by atoms with E-state index in [2.05, 4.69) is 20.3 Å². The maximum atomic E-state index is 12.3. The SMILES string of the molecule is Cc1nc(C)n(CC2CCCN(C(=O)C3CNC3)C2)n1.Cl. The van der Waals surface area contributed by atoms with Crippen molar-refractivity contribution in [2.24, 2.45) is 11.8 Å². The average Bonchev–Trinajstić information content (AvgIpc) is 2.66. The number of nitrogens with zero attached hydrogens (tertiary/aromatic N) is 4. The van der Waals surface area contributed by atoms with Crippen LogP contribution in [0.2, 0.25) is 0 Å². The number of piperidine rings is 1. The summed E-state index contributed by atoms with van der Waals surface area (Å²) in [4.78, 5) is 18.7.